The summed E-state index contributed by atoms with van der Waals surface area (Å²) in [6.07, 6.45) is 1.02. The lowest BCUT2D eigenvalue weighted by molar-refractivity contribution is 0.0877. The number of Topliss-reactive ketones (excluding diaryl/α,β-unsaturated/α-hetero) is 1. The van der Waals surface area contributed by atoms with E-state index in [1.54, 1.807) is 7.11 Å². The fraction of sp³-hybridized carbons (Fsp3) is 0.500. The molecule has 17 heavy (non-hydrogen) atoms. The summed E-state index contributed by atoms with van der Waals surface area (Å²) in [7, 11) is 1.63. The third kappa shape index (κ3) is 2.50. The fourth-order valence-corrected chi connectivity index (χ4v) is 2.26. The van der Waals surface area contributed by atoms with Crippen LogP contribution in [0.3, 0.4) is 0 Å². The first kappa shape index (κ1) is 12.1. The molecule has 1 aliphatic rings. The monoisotopic (exact) mass is 234 g/mol. The predicted octanol–water partition coefficient (Wildman–Crippen LogP) is 2.61. The minimum Gasteiger partial charge on any atom is -0.497 e. The maximum atomic E-state index is 12.3. The Morgan fingerprint density at radius 2 is 2.24 bits per heavy atom. The van der Waals surface area contributed by atoms with Crippen molar-refractivity contribution < 1.29 is 14.3 Å². The molecule has 1 fully saturated rings. The number of aryl methyl sites for hydroxylation is 1. The molecule has 0 bridgehead atoms. The summed E-state index contributed by atoms with van der Waals surface area (Å²) in [5.41, 5.74) is 1.75. The second kappa shape index (κ2) is 4.88. The maximum Gasteiger partial charge on any atom is 0.168 e. The van der Waals surface area contributed by atoms with Crippen LogP contribution in [0.1, 0.15) is 29.3 Å². The zero-order valence-corrected chi connectivity index (χ0v) is 10.5. The number of methoxy groups -OCH3 is 1. The molecule has 1 saturated heterocycles. The van der Waals surface area contributed by atoms with Gasteiger partial charge in [-0.3, -0.25) is 4.79 Å². The average Bonchev–Trinajstić information content (AvgIpc) is 2.75. The molecule has 2 atom stereocenters. The van der Waals surface area contributed by atoms with Gasteiger partial charge in [-0.25, -0.2) is 0 Å². The summed E-state index contributed by atoms with van der Waals surface area (Å²) in [6, 6.07) is 5.57. The van der Waals surface area contributed by atoms with E-state index >= 15 is 0 Å². The molecule has 1 heterocycles. The first-order valence-corrected chi connectivity index (χ1v) is 5.92. The van der Waals surface area contributed by atoms with Crippen LogP contribution >= 0.6 is 0 Å². The van der Waals surface area contributed by atoms with Gasteiger partial charge in [-0.2, -0.15) is 0 Å². The number of carbonyl (C=O) groups is 1. The van der Waals surface area contributed by atoms with E-state index in [-0.39, 0.29) is 17.8 Å². The lowest BCUT2D eigenvalue weighted by atomic mass is 9.93. The number of benzene rings is 1. The van der Waals surface area contributed by atoms with Gasteiger partial charge in [-0.05, 0) is 44.0 Å². The fourth-order valence-electron chi connectivity index (χ4n) is 2.26. The maximum absolute atomic E-state index is 12.3. The zero-order chi connectivity index (χ0) is 12.4. The summed E-state index contributed by atoms with van der Waals surface area (Å²) in [6.45, 7) is 4.49. The summed E-state index contributed by atoms with van der Waals surface area (Å²) < 4.78 is 10.6. The van der Waals surface area contributed by atoms with Crippen molar-refractivity contribution in [2.45, 2.75) is 26.4 Å². The van der Waals surface area contributed by atoms with Crippen LogP contribution in [0.5, 0.6) is 5.75 Å². The predicted molar refractivity (Wildman–Crippen MR) is 65.6 cm³/mol. The van der Waals surface area contributed by atoms with E-state index < -0.39 is 0 Å². The summed E-state index contributed by atoms with van der Waals surface area (Å²) in [5, 5.41) is 0. The number of hydrogen-bond donors (Lipinski definition) is 0. The molecule has 0 radical (unpaired) electrons. The van der Waals surface area contributed by atoms with Gasteiger partial charge in [0.05, 0.1) is 19.8 Å². The Bertz CT molecular complexity index is 425. The third-order valence-electron chi connectivity index (χ3n) is 3.27. The van der Waals surface area contributed by atoms with Crippen LogP contribution in [0.4, 0.5) is 0 Å². The highest BCUT2D eigenvalue weighted by molar-refractivity contribution is 5.99. The smallest absolute Gasteiger partial charge is 0.168 e. The Hall–Kier alpha value is -1.35. The molecule has 3 nitrogen and oxygen atoms in total. The average molecular weight is 234 g/mol. The van der Waals surface area contributed by atoms with Crippen LogP contribution in [0.25, 0.3) is 0 Å². The molecule has 0 saturated carbocycles. The number of carbonyl (C=O) groups excluding carboxylic acids is 1. The highest BCUT2D eigenvalue weighted by Crippen LogP contribution is 2.26. The molecule has 0 spiro atoms. The zero-order valence-electron chi connectivity index (χ0n) is 10.5. The molecular formula is C14H18O3. The van der Waals surface area contributed by atoms with E-state index in [1.165, 1.54) is 0 Å². The number of rotatable bonds is 3. The summed E-state index contributed by atoms with van der Waals surface area (Å²) in [5.74, 6) is 0.988. The van der Waals surface area contributed by atoms with E-state index in [2.05, 4.69) is 0 Å². The molecular weight excluding hydrogens is 216 g/mol. The number of ether oxygens (including phenoxy) is 2. The number of ketones is 1. The van der Waals surface area contributed by atoms with Gasteiger partial charge in [0.25, 0.3) is 0 Å². The Labute approximate surface area is 102 Å². The van der Waals surface area contributed by atoms with Gasteiger partial charge in [0.1, 0.15) is 5.75 Å². The van der Waals surface area contributed by atoms with Crippen LogP contribution in [-0.2, 0) is 4.74 Å². The topological polar surface area (TPSA) is 35.5 Å². The van der Waals surface area contributed by atoms with Crippen molar-refractivity contribution in [3.8, 4) is 5.75 Å². The van der Waals surface area contributed by atoms with Crippen molar-refractivity contribution in [3.05, 3.63) is 29.3 Å². The molecule has 3 heteroatoms. The standard InChI is InChI=1S/C14H18O3/c1-9-6-12(16-3)4-5-13(9)14(15)11-7-10(2)17-8-11/h4-6,10-11H,7-8H2,1-3H3. The first-order chi connectivity index (χ1) is 8.11. The van der Waals surface area contributed by atoms with Gasteiger partial charge in [0.2, 0.25) is 0 Å². The van der Waals surface area contributed by atoms with Gasteiger partial charge in [0, 0.05) is 11.5 Å². The second-order valence-corrected chi connectivity index (χ2v) is 4.62. The quantitative estimate of drug-likeness (QED) is 0.754. The Balaban J connectivity index is 2.19. The molecule has 2 rings (SSSR count). The molecule has 1 aromatic carbocycles. The molecule has 92 valence electrons. The number of hydrogen-bond acceptors (Lipinski definition) is 3. The highest BCUT2D eigenvalue weighted by Gasteiger charge is 2.29. The molecule has 0 N–H and O–H groups in total. The lowest BCUT2D eigenvalue weighted by Crippen LogP contribution is -2.16. The summed E-state index contributed by atoms with van der Waals surface area (Å²) in [4.78, 5) is 12.3. The molecule has 2 unspecified atom stereocenters. The molecule has 0 amide bonds. The Morgan fingerprint density at radius 3 is 2.76 bits per heavy atom. The molecule has 0 aromatic heterocycles. The van der Waals surface area contributed by atoms with E-state index in [9.17, 15) is 4.79 Å². The van der Waals surface area contributed by atoms with E-state index in [1.807, 2.05) is 32.0 Å². The minimum atomic E-state index is 0.0112. The van der Waals surface area contributed by atoms with Crippen LogP contribution in [-0.4, -0.2) is 25.6 Å². The molecule has 1 aromatic rings. The Morgan fingerprint density at radius 1 is 1.47 bits per heavy atom. The SMILES string of the molecule is COc1ccc(C(=O)C2COC(C)C2)c(C)c1. The van der Waals surface area contributed by atoms with Crippen LogP contribution in [0.15, 0.2) is 18.2 Å². The van der Waals surface area contributed by atoms with Crippen molar-refractivity contribution >= 4 is 5.78 Å². The normalized spacial score (nSPS) is 23.7. The molecule has 1 aliphatic heterocycles. The van der Waals surface area contributed by atoms with Crippen LogP contribution in [0.2, 0.25) is 0 Å². The largest absolute Gasteiger partial charge is 0.497 e. The van der Waals surface area contributed by atoms with E-state index in [0.29, 0.717) is 6.61 Å². The van der Waals surface area contributed by atoms with Crippen molar-refractivity contribution in [2.24, 2.45) is 5.92 Å². The molecule has 0 aliphatic carbocycles. The van der Waals surface area contributed by atoms with Gasteiger partial charge in [-0.15, -0.1) is 0 Å². The van der Waals surface area contributed by atoms with Gasteiger partial charge < -0.3 is 9.47 Å². The van der Waals surface area contributed by atoms with Crippen LogP contribution in [0, 0.1) is 12.8 Å². The van der Waals surface area contributed by atoms with Crippen molar-refractivity contribution in [1.82, 2.24) is 0 Å². The van der Waals surface area contributed by atoms with Crippen LogP contribution < -0.4 is 4.74 Å². The van der Waals surface area contributed by atoms with Gasteiger partial charge >= 0.3 is 0 Å². The van der Waals surface area contributed by atoms with Crippen molar-refractivity contribution in [2.75, 3.05) is 13.7 Å². The Kier molecular flexibility index (Phi) is 3.48. The van der Waals surface area contributed by atoms with Gasteiger partial charge in [0.15, 0.2) is 5.78 Å². The van der Waals surface area contributed by atoms with E-state index in [4.69, 9.17) is 9.47 Å². The summed E-state index contributed by atoms with van der Waals surface area (Å²) >= 11 is 0. The third-order valence-corrected chi connectivity index (χ3v) is 3.27. The first-order valence-electron chi connectivity index (χ1n) is 5.92. The van der Waals surface area contributed by atoms with Crippen molar-refractivity contribution in [3.63, 3.8) is 0 Å². The second-order valence-electron chi connectivity index (χ2n) is 4.62. The minimum absolute atomic E-state index is 0.0112. The van der Waals surface area contributed by atoms with Crippen molar-refractivity contribution in [1.29, 1.82) is 0 Å². The van der Waals surface area contributed by atoms with Gasteiger partial charge in [-0.1, -0.05) is 0 Å². The van der Waals surface area contributed by atoms with E-state index in [0.717, 1.165) is 23.3 Å². The lowest BCUT2D eigenvalue weighted by Gasteiger charge is -2.10. The highest BCUT2D eigenvalue weighted by atomic mass is 16.5.